The van der Waals surface area contributed by atoms with Crippen LogP contribution >= 0.6 is 11.8 Å². The summed E-state index contributed by atoms with van der Waals surface area (Å²) < 4.78 is 0. The molecule has 118 valence electrons. The third-order valence-electron chi connectivity index (χ3n) is 3.21. The van der Waals surface area contributed by atoms with Crippen LogP contribution in [0.2, 0.25) is 0 Å². The van der Waals surface area contributed by atoms with Crippen LogP contribution in [0.5, 0.6) is 0 Å². The molecule has 2 aromatic carbocycles. The number of hydrogen-bond acceptors (Lipinski definition) is 4. The number of carbonyl (C=O) groups is 1. The maximum atomic E-state index is 10.9. The topological polar surface area (TPSA) is 52.9 Å². The van der Waals surface area contributed by atoms with Crippen LogP contribution in [0.4, 0.5) is 5.69 Å². The molecule has 0 saturated heterocycles. The number of carboxylic acid groups (broad SMARTS) is 1. The van der Waals surface area contributed by atoms with Crippen molar-refractivity contribution in [1.82, 2.24) is 0 Å². The molecule has 0 aromatic heterocycles. The lowest BCUT2D eigenvalue weighted by atomic mass is 10.2. The molecule has 5 heteroatoms. The standard InChI is InChI=1S/C18H18N2O2S/c1-20(16-10-8-15(9-11-16)18(21)22)17(13-23-2)19-12-14-6-4-3-5-7-14/h3-13H,1-2H3,(H,21,22)/b17-13+,19-12+. The molecule has 23 heavy (non-hydrogen) atoms. The average molecular weight is 326 g/mol. The summed E-state index contributed by atoms with van der Waals surface area (Å²) in [5, 5.41) is 10.9. The average Bonchev–Trinajstić information content (AvgIpc) is 2.59. The number of benzene rings is 2. The van der Waals surface area contributed by atoms with E-state index >= 15 is 0 Å². The van der Waals surface area contributed by atoms with Crippen LogP contribution in [0, 0.1) is 0 Å². The van der Waals surface area contributed by atoms with Gasteiger partial charge in [-0.1, -0.05) is 30.3 Å². The van der Waals surface area contributed by atoms with Crippen molar-refractivity contribution in [1.29, 1.82) is 0 Å². The predicted molar refractivity (Wildman–Crippen MR) is 97.4 cm³/mol. The van der Waals surface area contributed by atoms with Crippen molar-refractivity contribution >= 4 is 29.6 Å². The quantitative estimate of drug-likeness (QED) is 0.812. The fourth-order valence-corrected chi connectivity index (χ4v) is 2.37. The minimum atomic E-state index is -0.929. The zero-order valence-corrected chi connectivity index (χ0v) is 13.8. The van der Waals surface area contributed by atoms with E-state index in [1.54, 1.807) is 36.0 Å². The maximum Gasteiger partial charge on any atom is 0.335 e. The molecule has 0 fully saturated rings. The summed E-state index contributed by atoms with van der Waals surface area (Å²) >= 11 is 1.56. The summed E-state index contributed by atoms with van der Waals surface area (Å²) in [4.78, 5) is 17.4. The summed E-state index contributed by atoms with van der Waals surface area (Å²) in [7, 11) is 1.90. The predicted octanol–water partition coefficient (Wildman–Crippen LogP) is 4.10. The highest BCUT2D eigenvalue weighted by Gasteiger charge is 2.08. The Balaban J connectivity index is 2.21. The van der Waals surface area contributed by atoms with E-state index in [-0.39, 0.29) is 5.56 Å². The van der Waals surface area contributed by atoms with Crippen LogP contribution in [0.25, 0.3) is 0 Å². The normalized spacial score (nSPS) is 11.7. The number of thioether (sulfide) groups is 1. The van der Waals surface area contributed by atoms with Gasteiger partial charge in [0.25, 0.3) is 0 Å². The zero-order valence-electron chi connectivity index (χ0n) is 13.0. The fourth-order valence-electron chi connectivity index (χ4n) is 1.94. The number of aromatic carboxylic acids is 1. The SMILES string of the molecule is CS/C=C(\N=C\c1ccccc1)N(C)c1ccc(C(=O)O)cc1. The first-order valence-electron chi connectivity index (χ1n) is 7.01. The Morgan fingerprint density at radius 2 is 1.78 bits per heavy atom. The van der Waals surface area contributed by atoms with Crippen molar-refractivity contribution in [2.24, 2.45) is 4.99 Å². The molecule has 0 aliphatic rings. The van der Waals surface area contributed by atoms with Gasteiger partial charge in [-0.05, 0) is 36.1 Å². The molecule has 0 bridgehead atoms. The van der Waals surface area contributed by atoms with Crippen LogP contribution in [0.3, 0.4) is 0 Å². The van der Waals surface area contributed by atoms with Crippen molar-refractivity contribution in [3.05, 3.63) is 77.0 Å². The summed E-state index contributed by atoms with van der Waals surface area (Å²) in [6, 6.07) is 16.6. The van der Waals surface area contributed by atoms with Crippen molar-refractivity contribution in [3.8, 4) is 0 Å². The molecular weight excluding hydrogens is 308 g/mol. The lowest BCUT2D eigenvalue weighted by Crippen LogP contribution is -2.15. The Bertz CT molecular complexity index is 710. The van der Waals surface area contributed by atoms with Gasteiger partial charge in [-0.3, -0.25) is 0 Å². The highest BCUT2D eigenvalue weighted by atomic mass is 32.2. The molecular formula is C18H18N2O2S. The Kier molecular flexibility index (Phi) is 6.00. The molecule has 2 aromatic rings. The van der Waals surface area contributed by atoms with Crippen molar-refractivity contribution in [2.45, 2.75) is 0 Å². The maximum absolute atomic E-state index is 10.9. The van der Waals surface area contributed by atoms with Gasteiger partial charge in [0.2, 0.25) is 0 Å². The van der Waals surface area contributed by atoms with Crippen LogP contribution in [-0.2, 0) is 0 Å². The van der Waals surface area contributed by atoms with Gasteiger partial charge in [0.05, 0.1) is 5.56 Å². The summed E-state index contributed by atoms with van der Waals surface area (Å²) in [5.41, 5.74) is 2.17. The molecule has 0 spiro atoms. The first-order valence-corrected chi connectivity index (χ1v) is 8.30. The van der Waals surface area contributed by atoms with E-state index < -0.39 is 5.97 Å². The Morgan fingerprint density at radius 3 is 2.35 bits per heavy atom. The number of aliphatic imine (C=N–C) groups is 1. The Morgan fingerprint density at radius 1 is 1.13 bits per heavy atom. The molecule has 0 aliphatic carbocycles. The highest BCUT2D eigenvalue weighted by molar-refractivity contribution is 8.01. The van der Waals surface area contributed by atoms with Crippen LogP contribution in [0.1, 0.15) is 15.9 Å². The molecule has 0 saturated carbocycles. The third kappa shape index (κ3) is 4.72. The second-order valence-corrected chi connectivity index (χ2v) is 5.50. The van der Waals surface area contributed by atoms with Crippen molar-refractivity contribution < 1.29 is 9.90 Å². The second kappa shape index (κ2) is 8.19. The lowest BCUT2D eigenvalue weighted by molar-refractivity contribution is 0.0697. The van der Waals surface area contributed by atoms with E-state index in [2.05, 4.69) is 4.99 Å². The summed E-state index contributed by atoms with van der Waals surface area (Å²) in [5.74, 6) is -0.148. The van der Waals surface area contributed by atoms with Crippen molar-refractivity contribution in [2.75, 3.05) is 18.2 Å². The molecule has 0 aliphatic heterocycles. The molecule has 0 atom stereocenters. The highest BCUT2D eigenvalue weighted by Crippen LogP contribution is 2.20. The van der Waals surface area contributed by atoms with Gasteiger partial charge in [-0.15, -0.1) is 11.8 Å². The molecule has 4 nitrogen and oxygen atoms in total. The van der Waals surface area contributed by atoms with E-state index in [1.807, 2.05) is 60.2 Å². The van der Waals surface area contributed by atoms with E-state index in [9.17, 15) is 4.79 Å². The molecule has 2 rings (SSSR count). The van der Waals surface area contributed by atoms with Gasteiger partial charge in [0, 0.05) is 24.4 Å². The monoisotopic (exact) mass is 326 g/mol. The molecule has 0 unspecified atom stereocenters. The third-order valence-corrected chi connectivity index (χ3v) is 3.66. The number of nitrogens with zero attached hydrogens (tertiary/aromatic N) is 2. The molecule has 0 amide bonds. The Labute approximate surface area is 140 Å². The van der Waals surface area contributed by atoms with Gasteiger partial charge >= 0.3 is 5.97 Å². The van der Waals surface area contributed by atoms with Crippen LogP contribution in [0.15, 0.2) is 70.8 Å². The van der Waals surface area contributed by atoms with Gasteiger partial charge in [-0.25, -0.2) is 9.79 Å². The van der Waals surface area contributed by atoms with Crippen LogP contribution in [-0.4, -0.2) is 30.6 Å². The summed E-state index contributed by atoms with van der Waals surface area (Å²) in [6.07, 6.45) is 3.78. The minimum Gasteiger partial charge on any atom is -0.478 e. The Hall–Kier alpha value is -2.53. The molecule has 0 radical (unpaired) electrons. The molecule has 0 heterocycles. The number of anilines is 1. The lowest BCUT2D eigenvalue weighted by Gasteiger charge is -2.19. The van der Waals surface area contributed by atoms with E-state index in [0.29, 0.717) is 0 Å². The zero-order chi connectivity index (χ0) is 16.7. The second-order valence-electron chi connectivity index (χ2n) is 4.79. The van der Waals surface area contributed by atoms with Gasteiger partial charge in [0.15, 0.2) is 0 Å². The van der Waals surface area contributed by atoms with Gasteiger partial charge in [-0.2, -0.15) is 0 Å². The number of hydrogen-bond donors (Lipinski definition) is 1. The fraction of sp³-hybridized carbons (Fsp3) is 0.111. The van der Waals surface area contributed by atoms with Crippen molar-refractivity contribution in [3.63, 3.8) is 0 Å². The number of carboxylic acids is 1. The summed E-state index contributed by atoms with van der Waals surface area (Å²) in [6.45, 7) is 0. The molecule has 1 N–H and O–H groups in total. The van der Waals surface area contributed by atoms with E-state index in [1.165, 1.54) is 0 Å². The van der Waals surface area contributed by atoms with Gasteiger partial charge in [0.1, 0.15) is 5.82 Å². The van der Waals surface area contributed by atoms with Crippen LogP contribution < -0.4 is 4.90 Å². The first-order chi connectivity index (χ1) is 11.1. The largest absolute Gasteiger partial charge is 0.478 e. The number of rotatable bonds is 6. The van der Waals surface area contributed by atoms with Gasteiger partial charge < -0.3 is 10.0 Å². The van der Waals surface area contributed by atoms with E-state index in [4.69, 9.17) is 5.11 Å². The first kappa shape index (κ1) is 16.8. The van der Waals surface area contributed by atoms with E-state index in [0.717, 1.165) is 17.1 Å². The minimum absolute atomic E-state index is 0.269. The smallest absolute Gasteiger partial charge is 0.335 e.